The quantitative estimate of drug-likeness (QED) is 0.749. The number of piperidine rings is 1. The van der Waals surface area contributed by atoms with Crippen molar-refractivity contribution in [1.29, 1.82) is 0 Å². The summed E-state index contributed by atoms with van der Waals surface area (Å²) in [5, 5.41) is 3.62. The molecule has 92 valence electrons. The maximum Gasteiger partial charge on any atom is 0.222 e. The van der Waals surface area contributed by atoms with Gasteiger partial charge in [-0.3, -0.25) is 4.79 Å². The molecule has 16 heavy (non-hydrogen) atoms. The van der Waals surface area contributed by atoms with Crippen LogP contribution in [0.5, 0.6) is 0 Å². The smallest absolute Gasteiger partial charge is 0.222 e. The first-order valence-electron chi connectivity index (χ1n) is 6.65. The van der Waals surface area contributed by atoms with Gasteiger partial charge in [0.25, 0.3) is 0 Å². The van der Waals surface area contributed by atoms with E-state index in [-0.39, 0.29) is 11.8 Å². The fourth-order valence-electron chi connectivity index (χ4n) is 3.76. The number of rotatable bonds is 2. The Bertz CT molecular complexity index is 261. The van der Waals surface area contributed by atoms with Crippen molar-refractivity contribution in [2.45, 2.75) is 58.0 Å². The van der Waals surface area contributed by atoms with Crippen molar-refractivity contribution >= 4 is 5.91 Å². The van der Waals surface area contributed by atoms with E-state index in [0.717, 1.165) is 6.42 Å². The highest BCUT2D eigenvalue weighted by Gasteiger charge is 2.41. The predicted molar refractivity (Wildman–Crippen MR) is 64.8 cm³/mol. The van der Waals surface area contributed by atoms with Crippen LogP contribution in [-0.4, -0.2) is 18.0 Å². The molecule has 1 saturated carbocycles. The van der Waals surface area contributed by atoms with E-state index >= 15 is 0 Å². The molecule has 4 atom stereocenters. The third kappa shape index (κ3) is 2.24. The fraction of sp³-hybridized carbons (Fsp3) is 0.923. The average molecular weight is 224 g/mol. The van der Waals surface area contributed by atoms with E-state index in [1.54, 1.807) is 0 Å². The van der Waals surface area contributed by atoms with Gasteiger partial charge in [-0.05, 0) is 38.0 Å². The first kappa shape index (κ1) is 11.9. The van der Waals surface area contributed by atoms with Gasteiger partial charge in [0.15, 0.2) is 0 Å². The summed E-state index contributed by atoms with van der Waals surface area (Å²) >= 11 is 0. The minimum atomic E-state index is -0.108. The summed E-state index contributed by atoms with van der Waals surface area (Å²) in [6, 6.07) is 0.856. The highest BCUT2D eigenvalue weighted by atomic mass is 16.1. The maximum atomic E-state index is 11.6. The van der Waals surface area contributed by atoms with Crippen molar-refractivity contribution < 1.29 is 4.79 Å². The molecule has 0 aromatic rings. The normalized spacial score (nSPS) is 41.1. The van der Waals surface area contributed by atoms with Crippen LogP contribution in [0.2, 0.25) is 0 Å². The Morgan fingerprint density at radius 3 is 2.44 bits per heavy atom. The van der Waals surface area contributed by atoms with Crippen LogP contribution >= 0.6 is 0 Å². The predicted octanol–water partition coefficient (Wildman–Crippen LogP) is 1.66. The number of nitrogens with one attached hydrogen (secondary N) is 1. The Kier molecular flexibility index (Phi) is 3.53. The van der Waals surface area contributed by atoms with Gasteiger partial charge in [0.2, 0.25) is 5.91 Å². The van der Waals surface area contributed by atoms with Gasteiger partial charge in [0.1, 0.15) is 0 Å². The largest absolute Gasteiger partial charge is 0.369 e. The molecule has 0 bridgehead atoms. The van der Waals surface area contributed by atoms with Crippen LogP contribution in [0.1, 0.15) is 46.0 Å². The molecule has 0 spiro atoms. The van der Waals surface area contributed by atoms with E-state index in [2.05, 4.69) is 19.2 Å². The molecule has 1 amide bonds. The zero-order valence-electron chi connectivity index (χ0n) is 10.4. The third-order valence-electron chi connectivity index (χ3n) is 4.44. The van der Waals surface area contributed by atoms with Gasteiger partial charge in [-0.1, -0.05) is 19.8 Å². The Balaban J connectivity index is 2.13. The summed E-state index contributed by atoms with van der Waals surface area (Å²) in [6.07, 6.45) is 6.23. The van der Waals surface area contributed by atoms with Crippen molar-refractivity contribution in [2.75, 3.05) is 0 Å². The van der Waals surface area contributed by atoms with E-state index in [9.17, 15) is 4.79 Å². The highest BCUT2D eigenvalue weighted by molar-refractivity contribution is 5.78. The molecule has 3 heteroatoms. The number of hydrogen-bond donors (Lipinski definition) is 2. The molecule has 0 aromatic carbocycles. The second-order valence-corrected chi connectivity index (χ2v) is 5.78. The molecule has 4 unspecified atom stereocenters. The van der Waals surface area contributed by atoms with Gasteiger partial charge in [-0.15, -0.1) is 0 Å². The van der Waals surface area contributed by atoms with E-state index in [4.69, 9.17) is 5.73 Å². The summed E-state index contributed by atoms with van der Waals surface area (Å²) in [6.45, 7) is 4.39. The summed E-state index contributed by atoms with van der Waals surface area (Å²) in [7, 11) is 0. The number of carbonyl (C=O) groups is 1. The van der Waals surface area contributed by atoms with Crippen molar-refractivity contribution in [2.24, 2.45) is 23.5 Å². The molecular formula is C13H24N2O. The van der Waals surface area contributed by atoms with Crippen molar-refractivity contribution in [3.8, 4) is 0 Å². The second kappa shape index (κ2) is 4.74. The standard InChI is InChI=1S/C13H24N2O/c1-8-7-9(2)15-12(11(8)13(14)16)10-5-3-4-6-10/h8-12,15H,3-7H2,1-2H3,(H2,14,16). The Morgan fingerprint density at radius 1 is 1.25 bits per heavy atom. The average Bonchev–Trinajstić information content (AvgIpc) is 2.67. The molecule has 1 heterocycles. The summed E-state index contributed by atoms with van der Waals surface area (Å²) in [5.74, 6) is 1.03. The minimum Gasteiger partial charge on any atom is -0.369 e. The fourth-order valence-corrected chi connectivity index (χ4v) is 3.76. The van der Waals surface area contributed by atoms with Crippen molar-refractivity contribution in [3.05, 3.63) is 0 Å². The maximum absolute atomic E-state index is 11.6. The number of amides is 1. The lowest BCUT2D eigenvalue weighted by Gasteiger charge is -2.42. The van der Waals surface area contributed by atoms with E-state index in [0.29, 0.717) is 23.9 Å². The van der Waals surface area contributed by atoms with Crippen LogP contribution < -0.4 is 11.1 Å². The molecular weight excluding hydrogens is 200 g/mol. The molecule has 2 aliphatic rings. The minimum absolute atomic E-state index is 0.0410. The first-order chi connectivity index (χ1) is 7.59. The second-order valence-electron chi connectivity index (χ2n) is 5.78. The van der Waals surface area contributed by atoms with Crippen LogP contribution in [0.4, 0.5) is 0 Å². The van der Waals surface area contributed by atoms with Gasteiger partial charge in [0, 0.05) is 12.1 Å². The SMILES string of the molecule is CC1CC(C)C(C(N)=O)C(C2CCCC2)N1. The van der Waals surface area contributed by atoms with E-state index in [1.165, 1.54) is 25.7 Å². The van der Waals surface area contributed by atoms with Crippen LogP contribution in [0.3, 0.4) is 0 Å². The van der Waals surface area contributed by atoms with E-state index in [1.807, 2.05) is 0 Å². The molecule has 3 nitrogen and oxygen atoms in total. The van der Waals surface area contributed by atoms with E-state index < -0.39 is 0 Å². The zero-order chi connectivity index (χ0) is 11.7. The summed E-state index contributed by atoms with van der Waals surface area (Å²) in [5.41, 5.74) is 5.58. The van der Waals surface area contributed by atoms with Gasteiger partial charge in [-0.25, -0.2) is 0 Å². The molecule has 1 aliphatic carbocycles. The number of nitrogens with two attached hydrogens (primary N) is 1. The van der Waals surface area contributed by atoms with Gasteiger partial charge < -0.3 is 11.1 Å². The molecule has 0 aromatic heterocycles. The summed E-state index contributed by atoms with van der Waals surface area (Å²) in [4.78, 5) is 11.6. The Morgan fingerprint density at radius 2 is 1.88 bits per heavy atom. The lowest BCUT2D eigenvalue weighted by Crippen LogP contribution is -2.56. The van der Waals surface area contributed by atoms with Crippen LogP contribution in [0.25, 0.3) is 0 Å². The number of primary amides is 1. The third-order valence-corrected chi connectivity index (χ3v) is 4.44. The number of hydrogen-bond acceptors (Lipinski definition) is 2. The van der Waals surface area contributed by atoms with Gasteiger partial charge in [-0.2, -0.15) is 0 Å². The zero-order valence-corrected chi connectivity index (χ0v) is 10.4. The summed E-state index contributed by atoms with van der Waals surface area (Å²) < 4.78 is 0. The molecule has 0 radical (unpaired) electrons. The van der Waals surface area contributed by atoms with Crippen molar-refractivity contribution in [1.82, 2.24) is 5.32 Å². The van der Waals surface area contributed by atoms with Gasteiger partial charge >= 0.3 is 0 Å². The Hall–Kier alpha value is -0.570. The molecule has 1 aliphatic heterocycles. The highest BCUT2D eigenvalue weighted by Crippen LogP contribution is 2.37. The monoisotopic (exact) mass is 224 g/mol. The van der Waals surface area contributed by atoms with Crippen LogP contribution in [0.15, 0.2) is 0 Å². The number of carbonyl (C=O) groups excluding carboxylic acids is 1. The lowest BCUT2D eigenvalue weighted by atomic mass is 9.73. The molecule has 2 rings (SSSR count). The van der Waals surface area contributed by atoms with Crippen LogP contribution in [-0.2, 0) is 4.79 Å². The molecule has 1 saturated heterocycles. The Labute approximate surface area is 98.2 Å². The van der Waals surface area contributed by atoms with Crippen LogP contribution in [0, 0.1) is 17.8 Å². The molecule has 2 fully saturated rings. The van der Waals surface area contributed by atoms with Crippen molar-refractivity contribution in [3.63, 3.8) is 0 Å². The topological polar surface area (TPSA) is 55.1 Å². The first-order valence-corrected chi connectivity index (χ1v) is 6.65. The molecule has 3 N–H and O–H groups in total. The van der Waals surface area contributed by atoms with Gasteiger partial charge in [0.05, 0.1) is 5.92 Å². The lowest BCUT2D eigenvalue weighted by molar-refractivity contribution is -0.126.